The van der Waals surface area contributed by atoms with E-state index in [2.05, 4.69) is 4.72 Å². The third kappa shape index (κ3) is 4.47. The van der Waals surface area contributed by atoms with Crippen molar-refractivity contribution in [1.82, 2.24) is 4.72 Å². The molecule has 0 amide bonds. The van der Waals surface area contributed by atoms with Crippen LogP contribution in [-0.2, 0) is 16.6 Å². The van der Waals surface area contributed by atoms with E-state index in [1.807, 2.05) is 13.8 Å². The van der Waals surface area contributed by atoms with Gasteiger partial charge in [0.2, 0.25) is 10.0 Å². The van der Waals surface area contributed by atoms with Gasteiger partial charge in [-0.2, -0.15) is 0 Å². The van der Waals surface area contributed by atoms with E-state index in [9.17, 15) is 8.42 Å². The first-order valence-electron chi connectivity index (χ1n) is 8.21. The molecule has 0 heterocycles. The predicted molar refractivity (Wildman–Crippen MR) is 101 cm³/mol. The van der Waals surface area contributed by atoms with Gasteiger partial charge in [-0.05, 0) is 47.4 Å². The van der Waals surface area contributed by atoms with E-state index in [4.69, 9.17) is 14.2 Å². The number of methoxy groups -OCH3 is 3. The van der Waals surface area contributed by atoms with Crippen LogP contribution in [0.1, 0.15) is 30.9 Å². The molecule has 26 heavy (non-hydrogen) atoms. The van der Waals surface area contributed by atoms with Crippen molar-refractivity contribution in [2.75, 3.05) is 21.3 Å². The summed E-state index contributed by atoms with van der Waals surface area (Å²) in [6, 6.07) is 10.2. The van der Waals surface area contributed by atoms with Crippen molar-refractivity contribution in [3.05, 3.63) is 47.5 Å². The average Bonchev–Trinajstić information content (AvgIpc) is 2.65. The van der Waals surface area contributed by atoms with Crippen LogP contribution in [0.25, 0.3) is 0 Å². The molecule has 2 aromatic carbocycles. The fraction of sp³-hybridized carbons (Fsp3) is 0.368. The summed E-state index contributed by atoms with van der Waals surface area (Å²) < 4.78 is 43.7. The molecule has 0 radical (unpaired) electrons. The maximum absolute atomic E-state index is 12.6. The molecule has 0 aliphatic rings. The van der Waals surface area contributed by atoms with E-state index >= 15 is 0 Å². The van der Waals surface area contributed by atoms with Crippen LogP contribution >= 0.6 is 0 Å². The van der Waals surface area contributed by atoms with E-state index in [0.717, 1.165) is 11.1 Å². The van der Waals surface area contributed by atoms with Gasteiger partial charge in [0, 0.05) is 6.54 Å². The van der Waals surface area contributed by atoms with Crippen molar-refractivity contribution >= 4 is 10.0 Å². The van der Waals surface area contributed by atoms with Gasteiger partial charge < -0.3 is 14.2 Å². The van der Waals surface area contributed by atoms with Crippen LogP contribution in [0.5, 0.6) is 17.2 Å². The highest BCUT2D eigenvalue weighted by Gasteiger charge is 2.18. The number of hydrogen-bond donors (Lipinski definition) is 1. The molecule has 2 rings (SSSR count). The zero-order valence-electron chi connectivity index (χ0n) is 15.7. The molecule has 142 valence electrons. The molecule has 2 aromatic rings. The molecule has 0 fully saturated rings. The number of rotatable bonds is 8. The standard InChI is InChI=1S/C19H25NO5S/c1-13(2)16-11-15(7-9-17(16)23-3)26(21,22)20-12-14-6-8-18(24-4)19(10-14)25-5/h6-11,13,20H,12H2,1-5H3. The molecule has 0 bridgehead atoms. The number of nitrogens with one attached hydrogen (secondary N) is 1. The topological polar surface area (TPSA) is 73.9 Å². The monoisotopic (exact) mass is 379 g/mol. The van der Waals surface area contributed by atoms with Crippen LogP contribution in [0.3, 0.4) is 0 Å². The van der Waals surface area contributed by atoms with Crippen molar-refractivity contribution in [2.45, 2.75) is 31.2 Å². The first kappa shape index (κ1) is 20.1. The van der Waals surface area contributed by atoms with Gasteiger partial charge in [0.25, 0.3) is 0 Å². The first-order chi connectivity index (χ1) is 12.3. The van der Waals surface area contributed by atoms with Crippen molar-refractivity contribution in [1.29, 1.82) is 0 Å². The Morgan fingerprint density at radius 2 is 1.50 bits per heavy atom. The normalized spacial score (nSPS) is 11.5. The van der Waals surface area contributed by atoms with Gasteiger partial charge >= 0.3 is 0 Å². The largest absolute Gasteiger partial charge is 0.496 e. The summed E-state index contributed by atoms with van der Waals surface area (Å²) in [4.78, 5) is 0.211. The van der Waals surface area contributed by atoms with Crippen LogP contribution in [0, 0.1) is 0 Å². The fourth-order valence-electron chi connectivity index (χ4n) is 2.58. The quantitative estimate of drug-likeness (QED) is 0.762. The minimum Gasteiger partial charge on any atom is -0.496 e. The summed E-state index contributed by atoms with van der Waals surface area (Å²) in [6.07, 6.45) is 0. The molecule has 1 N–H and O–H groups in total. The zero-order chi connectivity index (χ0) is 19.3. The smallest absolute Gasteiger partial charge is 0.240 e. The molecule has 0 saturated carbocycles. The molecule has 0 aliphatic carbocycles. The third-order valence-electron chi connectivity index (χ3n) is 4.05. The van der Waals surface area contributed by atoms with E-state index in [0.29, 0.717) is 17.2 Å². The van der Waals surface area contributed by atoms with Gasteiger partial charge in [-0.1, -0.05) is 19.9 Å². The average molecular weight is 379 g/mol. The second-order valence-corrected chi connectivity index (χ2v) is 7.84. The Labute approximate surface area is 155 Å². The minimum atomic E-state index is -3.65. The van der Waals surface area contributed by atoms with Crippen molar-refractivity contribution in [3.63, 3.8) is 0 Å². The van der Waals surface area contributed by atoms with Gasteiger partial charge in [-0.3, -0.25) is 0 Å². The Balaban J connectivity index is 2.23. The SMILES string of the molecule is COc1ccc(CNS(=O)(=O)c2ccc(OC)c(C(C)C)c2)cc1OC. The molecule has 0 aliphatic heterocycles. The van der Waals surface area contributed by atoms with Crippen LogP contribution < -0.4 is 18.9 Å². The van der Waals surface area contributed by atoms with Crippen LogP contribution in [-0.4, -0.2) is 29.7 Å². The molecule has 0 atom stereocenters. The number of ether oxygens (including phenoxy) is 3. The van der Waals surface area contributed by atoms with Gasteiger partial charge in [0.1, 0.15) is 5.75 Å². The molecule has 0 spiro atoms. The lowest BCUT2D eigenvalue weighted by atomic mass is 10.0. The lowest BCUT2D eigenvalue weighted by Gasteiger charge is -2.14. The number of hydrogen-bond acceptors (Lipinski definition) is 5. The molecule has 0 unspecified atom stereocenters. The summed E-state index contributed by atoms with van der Waals surface area (Å²) in [5, 5.41) is 0. The lowest BCUT2D eigenvalue weighted by molar-refractivity contribution is 0.354. The maximum atomic E-state index is 12.6. The summed E-state index contributed by atoms with van der Waals surface area (Å²) in [5.74, 6) is 1.97. The molecule has 0 aromatic heterocycles. The highest BCUT2D eigenvalue weighted by Crippen LogP contribution is 2.30. The molecular weight excluding hydrogens is 354 g/mol. The predicted octanol–water partition coefficient (Wildman–Crippen LogP) is 3.31. The Kier molecular flexibility index (Phi) is 6.50. The Morgan fingerprint density at radius 1 is 0.885 bits per heavy atom. The summed E-state index contributed by atoms with van der Waals surface area (Å²) in [7, 11) is 1.01. The molecule has 7 heteroatoms. The Bertz CT molecular complexity index is 862. The first-order valence-corrected chi connectivity index (χ1v) is 9.69. The number of sulfonamides is 1. The molecule has 6 nitrogen and oxygen atoms in total. The van der Waals surface area contributed by atoms with Gasteiger partial charge in [0.05, 0.1) is 26.2 Å². The van der Waals surface area contributed by atoms with Gasteiger partial charge in [-0.25, -0.2) is 13.1 Å². The van der Waals surface area contributed by atoms with Crippen molar-refractivity contribution < 1.29 is 22.6 Å². The fourth-order valence-corrected chi connectivity index (χ4v) is 3.64. The maximum Gasteiger partial charge on any atom is 0.240 e. The molecule has 0 saturated heterocycles. The van der Waals surface area contributed by atoms with E-state index in [-0.39, 0.29) is 17.4 Å². The summed E-state index contributed by atoms with van der Waals surface area (Å²) in [5.41, 5.74) is 1.62. The molecular formula is C19H25NO5S. The van der Waals surface area contributed by atoms with E-state index in [1.54, 1.807) is 50.6 Å². The Hall–Kier alpha value is -2.25. The van der Waals surface area contributed by atoms with E-state index < -0.39 is 10.0 Å². The van der Waals surface area contributed by atoms with Crippen molar-refractivity contribution in [3.8, 4) is 17.2 Å². The minimum absolute atomic E-state index is 0.144. The van der Waals surface area contributed by atoms with Crippen LogP contribution in [0.15, 0.2) is 41.3 Å². The zero-order valence-corrected chi connectivity index (χ0v) is 16.5. The number of benzene rings is 2. The van der Waals surface area contributed by atoms with Crippen LogP contribution in [0.4, 0.5) is 0 Å². The second-order valence-electron chi connectivity index (χ2n) is 6.07. The Morgan fingerprint density at radius 3 is 2.08 bits per heavy atom. The highest BCUT2D eigenvalue weighted by molar-refractivity contribution is 7.89. The third-order valence-corrected chi connectivity index (χ3v) is 5.45. The van der Waals surface area contributed by atoms with Crippen molar-refractivity contribution in [2.24, 2.45) is 0 Å². The summed E-state index contributed by atoms with van der Waals surface area (Å²) in [6.45, 7) is 4.13. The van der Waals surface area contributed by atoms with Crippen LogP contribution in [0.2, 0.25) is 0 Å². The van der Waals surface area contributed by atoms with E-state index in [1.165, 1.54) is 7.11 Å². The van der Waals surface area contributed by atoms with Gasteiger partial charge in [0.15, 0.2) is 11.5 Å². The summed E-state index contributed by atoms with van der Waals surface area (Å²) >= 11 is 0. The second kappa shape index (κ2) is 8.42. The van der Waals surface area contributed by atoms with Gasteiger partial charge in [-0.15, -0.1) is 0 Å². The highest BCUT2D eigenvalue weighted by atomic mass is 32.2. The lowest BCUT2D eigenvalue weighted by Crippen LogP contribution is -2.23.